The van der Waals surface area contributed by atoms with Crippen molar-refractivity contribution in [3.63, 3.8) is 0 Å². The van der Waals surface area contributed by atoms with Crippen LogP contribution in [0.5, 0.6) is 0 Å². The Morgan fingerprint density at radius 3 is 1.03 bits per heavy atom. The SMILES string of the molecule is CCCCCCCCCCCCCC/C=C\CCCCCCCCCCCCCCCCC(O)CC(=O)NC(CO)C(O)/C=C/CCCCCCCCCCCCCC. The molecule has 3 unspecified atom stereocenters. The Labute approximate surface area is 369 Å². The molecule has 0 saturated carbocycles. The summed E-state index contributed by atoms with van der Waals surface area (Å²) < 4.78 is 0. The van der Waals surface area contributed by atoms with Gasteiger partial charge in [-0.15, -0.1) is 0 Å². The Morgan fingerprint density at radius 1 is 0.424 bits per heavy atom. The van der Waals surface area contributed by atoms with Crippen LogP contribution >= 0.6 is 0 Å². The summed E-state index contributed by atoms with van der Waals surface area (Å²) in [5.41, 5.74) is 0. The average molecular weight is 832 g/mol. The molecule has 0 rings (SSSR count). The molecule has 5 heteroatoms. The summed E-state index contributed by atoms with van der Waals surface area (Å²) in [6.07, 6.45) is 62.2. The molecule has 4 N–H and O–H groups in total. The van der Waals surface area contributed by atoms with Gasteiger partial charge in [0.1, 0.15) is 0 Å². The van der Waals surface area contributed by atoms with Crippen LogP contribution in [0.4, 0.5) is 0 Å². The summed E-state index contributed by atoms with van der Waals surface area (Å²) in [4.78, 5) is 12.5. The molecule has 0 aromatic heterocycles. The maximum atomic E-state index is 12.5. The third-order valence-electron chi connectivity index (χ3n) is 12.5. The van der Waals surface area contributed by atoms with E-state index in [0.717, 1.165) is 25.7 Å². The van der Waals surface area contributed by atoms with Crippen LogP contribution < -0.4 is 5.32 Å². The standard InChI is InChI=1S/C54H105NO4/c1-3-5-7-9-11-13-15-17-19-20-21-22-23-24-25-26-27-28-29-30-31-32-33-34-35-37-39-41-43-45-47-51(57)49-54(59)55-52(50-56)53(58)48-46-44-42-40-38-36-18-16-14-12-10-8-6-4-2/h24-25,46,48,51-53,56-58H,3-23,26-45,47,49-50H2,1-2H3,(H,55,59)/b25-24-,48-46+. The summed E-state index contributed by atoms with van der Waals surface area (Å²) in [7, 11) is 0. The Bertz CT molecular complexity index is 874. The number of carbonyl (C=O) groups excluding carboxylic acids is 1. The smallest absolute Gasteiger partial charge is 0.222 e. The van der Waals surface area contributed by atoms with E-state index < -0.39 is 18.2 Å². The highest BCUT2D eigenvalue weighted by molar-refractivity contribution is 5.76. The fraction of sp³-hybridized carbons (Fsp3) is 0.907. The zero-order valence-electron chi connectivity index (χ0n) is 39.9. The van der Waals surface area contributed by atoms with Crippen LogP contribution in [0.25, 0.3) is 0 Å². The van der Waals surface area contributed by atoms with Gasteiger partial charge in [-0.05, 0) is 44.9 Å². The van der Waals surface area contributed by atoms with Gasteiger partial charge >= 0.3 is 0 Å². The van der Waals surface area contributed by atoms with E-state index >= 15 is 0 Å². The summed E-state index contributed by atoms with van der Waals surface area (Å²) in [5, 5.41) is 33.3. The Morgan fingerprint density at radius 2 is 0.712 bits per heavy atom. The molecule has 1 amide bonds. The zero-order chi connectivity index (χ0) is 43.0. The number of nitrogens with one attached hydrogen (secondary N) is 1. The first-order chi connectivity index (χ1) is 29.0. The maximum Gasteiger partial charge on any atom is 0.222 e. The van der Waals surface area contributed by atoms with E-state index in [-0.39, 0.29) is 18.9 Å². The minimum absolute atomic E-state index is 0.0166. The van der Waals surface area contributed by atoms with Crippen LogP contribution in [0.1, 0.15) is 290 Å². The molecule has 3 atom stereocenters. The van der Waals surface area contributed by atoms with Gasteiger partial charge in [0.25, 0.3) is 0 Å². The molecule has 0 bridgehead atoms. The van der Waals surface area contributed by atoms with Crippen molar-refractivity contribution in [1.82, 2.24) is 5.32 Å². The van der Waals surface area contributed by atoms with E-state index in [1.54, 1.807) is 6.08 Å². The van der Waals surface area contributed by atoms with Gasteiger partial charge in [-0.25, -0.2) is 0 Å². The van der Waals surface area contributed by atoms with E-state index in [2.05, 4.69) is 31.3 Å². The fourth-order valence-corrected chi connectivity index (χ4v) is 8.40. The highest BCUT2D eigenvalue weighted by Gasteiger charge is 2.20. The normalized spacial score (nSPS) is 13.5. The molecule has 0 aliphatic heterocycles. The van der Waals surface area contributed by atoms with Crippen LogP contribution in [0.2, 0.25) is 0 Å². The molecule has 0 aromatic carbocycles. The van der Waals surface area contributed by atoms with Gasteiger partial charge < -0.3 is 20.6 Å². The second kappa shape index (κ2) is 49.5. The van der Waals surface area contributed by atoms with Gasteiger partial charge in [0.2, 0.25) is 5.91 Å². The highest BCUT2D eigenvalue weighted by atomic mass is 16.3. The first-order valence-electron chi connectivity index (χ1n) is 26.6. The first kappa shape index (κ1) is 57.8. The van der Waals surface area contributed by atoms with Crippen molar-refractivity contribution in [3.8, 4) is 0 Å². The van der Waals surface area contributed by atoms with E-state index in [1.165, 1.54) is 238 Å². The second-order valence-corrected chi connectivity index (χ2v) is 18.5. The molecular weight excluding hydrogens is 727 g/mol. The number of hydrogen-bond donors (Lipinski definition) is 4. The lowest BCUT2D eigenvalue weighted by Gasteiger charge is -2.21. The number of rotatable bonds is 49. The number of unbranched alkanes of at least 4 members (excludes halogenated alkanes) is 38. The van der Waals surface area contributed by atoms with Crippen molar-refractivity contribution < 1.29 is 20.1 Å². The molecule has 5 nitrogen and oxygen atoms in total. The molecule has 59 heavy (non-hydrogen) atoms. The lowest BCUT2D eigenvalue weighted by molar-refractivity contribution is -0.124. The Balaban J connectivity index is 3.52. The fourth-order valence-electron chi connectivity index (χ4n) is 8.40. The Kier molecular flexibility index (Phi) is 48.5. The van der Waals surface area contributed by atoms with E-state index in [9.17, 15) is 20.1 Å². The summed E-state index contributed by atoms with van der Waals surface area (Å²) in [5.74, 6) is -0.312. The molecule has 0 heterocycles. The third-order valence-corrected chi connectivity index (χ3v) is 12.5. The number of aliphatic hydroxyl groups excluding tert-OH is 3. The number of allylic oxidation sites excluding steroid dienone is 3. The van der Waals surface area contributed by atoms with Gasteiger partial charge in [0.05, 0.1) is 31.3 Å². The molecule has 0 spiro atoms. The summed E-state index contributed by atoms with van der Waals surface area (Å²) in [6.45, 7) is 4.23. The minimum Gasteiger partial charge on any atom is -0.394 e. The third kappa shape index (κ3) is 46.2. The van der Waals surface area contributed by atoms with Crippen molar-refractivity contribution in [2.45, 2.75) is 308 Å². The van der Waals surface area contributed by atoms with Crippen LogP contribution in [0.15, 0.2) is 24.3 Å². The van der Waals surface area contributed by atoms with E-state index in [4.69, 9.17) is 0 Å². The number of hydrogen-bond acceptors (Lipinski definition) is 4. The number of aliphatic hydroxyl groups is 3. The first-order valence-corrected chi connectivity index (χ1v) is 26.6. The van der Waals surface area contributed by atoms with Gasteiger partial charge in [0, 0.05) is 0 Å². The molecule has 0 fully saturated rings. The van der Waals surface area contributed by atoms with Crippen LogP contribution in [0, 0.1) is 0 Å². The minimum atomic E-state index is -0.926. The molecular formula is C54H105NO4. The Hall–Kier alpha value is -1.17. The van der Waals surface area contributed by atoms with Crippen molar-refractivity contribution in [1.29, 1.82) is 0 Å². The molecule has 0 aliphatic carbocycles. The molecule has 0 aliphatic rings. The highest BCUT2D eigenvalue weighted by Crippen LogP contribution is 2.17. The van der Waals surface area contributed by atoms with Crippen LogP contribution in [-0.4, -0.2) is 46.1 Å². The lowest BCUT2D eigenvalue weighted by atomic mass is 10.0. The maximum absolute atomic E-state index is 12.5. The zero-order valence-corrected chi connectivity index (χ0v) is 39.9. The second-order valence-electron chi connectivity index (χ2n) is 18.5. The predicted molar refractivity (Wildman–Crippen MR) is 259 cm³/mol. The van der Waals surface area contributed by atoms with Gasteiger partial charge in [0.15, 0.2) is 0 Å². The molecule has 0 radical (unpaired) electrons. The van der Waals surface area contributed by atoms with Gasteiger partial charge in [-0.1, -0.05) is 263 Å². The average Bonchev–Trinajstić information content (AvgIpc) is 3.23. The van der Waals surface area contributed by atoms with E-state index in [1.807, 2.05) is 6.08 Å². The van der Waals surface area contributed by atoms with Gasteiger partial charge in [-0.2, -0.15) is 0 Å². The van der Waals surface area contributed by atoms with Crippen molar-refractivity contribution in [2.75, 3.05) is 6.61 Å². The van der Waals surface area contributed by atoms with Crippen LogP contribution in [-0.2, 0) is 4.79 Å². The number of amides is 1. The topological polar surface area (TPSA) is 89.8 Å². The molecule has 0 aromatic rings. The summed E-state index contributed by atoms with van der Waals surface area (Å²) in [6, 6.07) is -0.742. The number of carbonyl (C=O) groups is 1. The van der Waals surface area contributed by atoms with Crippen molar-refractivity contribution >= 4 is 5.91 Å². The monoisotopic (exact) mass is 832 g/mol. The van der Waals surface area contributed by atoms with Crippen LogP contribution in [0.3, 0.4) is 0 Å². The van der Waals surface area contributed by atoms with Crippen molar-refractivity contribution in [2.24, 2.45) is 0 Å². The largest absolute Gasteiger partial charge is 0.394 e. The van der Waals surface area contributed by atoms with Crippen molar-refractivity contribution in [3.05, 3.63) is 24.3 Å². The molecule has 0 saturated heterocycles. The predicted octanol–water partition coefficient (Wildman–Crippen LogP) is 16.1. The van der Waals surface area contributed by atoms with Gasteiger partial charge in [-0.3, -0.25) is 4.79 Å². The lowest BCUT2D eigenvalue weighted by Crippen LogP contribution is -2.45. The quantitative estimate of drug-likeness (QED) is 0.0363. The summed E-state index contributed by atoms with van der Waals surface area (Å²) >= 11 is 0. The molecule has 350 valence electrons. The van der Waals surface area contributed by atoms with E-state index in [0.29, 0.717) is 6.42 Å².